The Bertz CT molecular complexity index is 897. The first kappa shape index (κ1) is 18.1. The minimum absolute atomic E-state index is 0.0631. The Kier molecular flexibility index (Phi) is 5.03. The van der Waals surface area contributed by atoms with Crippen molar-refractivity contribution in [1.29, 1.82) is 0 Å². The summed E-state index contributed by atoms with van der Waals surface area (Å²) in [7, 11) is 0. The Balaban J connectivity index is 1.66. The number of hydrogen-bond acceptors (Lipinski definition) is 6. The highest BCUT2D eigenvalue weighted by molar-refractivity contribution is 7.99. The van der Waals surface area contributed by atoms with Gasteiger partial charge in [0, 0.05) is 5.69 Å². The van der Waals surface area contributed by atoms with Crippen molar-refractivity contribution in [2.24, 2.45) is 0 Å². The van der Waals surface area contributed by atoms with Crippen molar-refractivity contribution in [3.63, 3.8) is 0 Å². The van der Waals surface area contributed by atoms with Gasteiger partial charge in [-0.1, -0.05) is 50.7 Å². The molecule has 2 aromatic heterocycles. The summed E-state index contributed by atoms with van der Waals surface area (Å²) in [6.07, 6.45) is 1.54. The number of nitrogens with zero attached hydrogens (tertiary/aromatic N) is 3. The minimum Gasteiger partial charge on any atom is -0.461 e. The second-order valence-electron chi connectivity index (χ2n) is 6.79. The molecular weight excluding hydrogens is 350 g/mol. The lowest BCUT2D eigenvalue weighted by atomic mass is 9.86. The molecule has 3 rings (SSSR count). The van der Waals surface area contributed by atoms with Crippen molar-refractivity contribution >= 4 is 23.4 Å². The van der Waals surface area contributed by atoms with Crippen LogP contribution in [0.2, 0.25) is 0 Å². The van der Waals surface area contributed by atoms with Gasteiger partial charge in [0.2, 0.25) is 16.9 Å². The molecule has 8 heteroatoms. The normalized spacial score (nSPS) is 11.5. The molecule has 7 nitrogen and oxygen atoms in total. The predicted molar refractivity (Wildman–Crippen MR) is 102 cm³/mol. The van der Waals surface area contributed by atoms with Gasteiger partial charge in [-0.2, -0.15) is 0 Å². The van der Waals surface area contributed by atoms with Crippen LogP contribution >= 0.6 is 11.8 Å². The van der Waals surface area contributed by atoms with Gasteiger partial charge in [-0.15, -0.1) is 10.2 Å². The summed E-state index contributed by atoms with van der Waals surface area (Å²) in [6, 6.07) is 11.3. The zero-order chi connectivity index (χ0) is 18.7. The molecular formula is C18H21N5O2S. The molecule has 0 bridgehead atoms. The molecule has 0 unspecified atom stereocenters. The Hall–Kier alpha value is -2.74. The first-order valence-electron chi connectivity index (χ1n) is 8.13. The van der Waals surface area contributed by atoms with E-state index >= 15 is 0 Å². The number of para-hydroxylation sites is 1. The zero-order valence-corrected chi connectivity index (χ0v) is 15.7. The van der Waals surface area contributed by atoms with Crippen LogP contribution in [0.3, 0.4) is 0 Å². The van der Waals surface area contributed by atoms with Crippen molar-refractivity contribution in [3.05, 3.63) is 48.2 Å². The molecule has 0 spiro atoms. The summed E-state index contributed by atoms with van der Waals surface area (Å²) < 4.78 is 6.59. The third-order valence-electron chi connectivity index (χ3n) is 3.75. The standard InChI is InChI=1S/C18H21N5O2S/c1-18(2,3)12-7-4-5-8-13(12)20-15(24)11-26-17-22-21-16(23(17)19)14-9-6-10-25-14/h4-10H,11,19H2,1-3H3,(H,20,24). The molecule has 1 amide bonds. The highest BCUT2D eigenvalue weighted by atomic mass is 32.2. The first-order chi connectivity index (χ1) is 12.4. The topological polar surface area (TPSA) is 99.0 Å². The fourth-order valence-corrected chi connectivity index (χ4v) is 3.17. The largest absolute Gasteiger partial charge is 0.461 e. The van der Waals surface area contributed by atoms with Gasteiger partial charge in [0.05, 0.1) is 12.0 Å². The smallest absolute Gasteiger partial charge is 0.234 e. The van der Waals surface area contributed by atoms with Gasteiger partial charge in [0.25, 0.3) is 0 Å². The Morgan fingerprint density at radius 2 is 2.00 bits per heavy atom. The van der Waals surface area contributed by atoms with Crippen LogP contribution in [-0.4, -0.2) is 26.5 Å². The van der Waals surface area contributed by atoms with Crippen LogP contribution < -0.4 is 11.2 Å². The van der Waals surface area contributed by atoms with Gasteiger partial charge >= 0.3 is 0 Å². The van der Waals surface area contributed by atoms with E-state index in [4.69, 9.17) is 10.3 Å². The number of thioether (sulfide) groups is 1. The van der Waals surface area contributed by atoms with Crippen molar-refractivity contribution in [1.82, 2.24) is 14.9 Å². The maximum Gasteiger partial charge on any atom is 0.234 e. The van der Waals surface area contributed by atoms with E-state index in [0.717, 1.165) is 11.3 Å². The van der Waals surface area contributed by atoms with E-state index in [9.17, 15) is 4.79 Å². The number of hydrogen-bond donors (Lipinski definition) is 2. The van der Waals surface area contributed by atoms with E-state index in [-0.39, 0.29) is 17.1 Å². The fourth-order valence-electron chi connectivity index (χ4n) is 2.51. The number of aromatic nitrogens is 3. The fraction of sp³-hybridized carbons (Fsp3) is 0.278. The van der Waals surface area contributed by atoms with Gasteiger partial charge in [-0.25, -0.2) is 4.68 Å². The van der Waals surface area contributed by atoms with Crippen molar-refractivity contribution < 1.29 is 9.21 Å². The molecule has 26 heavy (non-hydrogen) atoms. The molecule has 3 N–H and O–H groups in total. The third-order valence-corrected chi connectivity index (χ3v) is 4.69. The van der Waals surface area contributed by atoms with E-state index in [1.807, 2.05) is 24.3 Å². The highest BCUT2D eigenvalue weighted by Gasteiger charge is 2.19. The van der Waals surface area contributed by atoms with Gasteiger partial charge in [0.1, 0.15) is 0 Å². The number of anilines is 1. The van der Waals surface area contributed by atoms with Crippen LogP contribution in [0.1, 0.15) is 26.3 Å². The summed E-state index contributed by atoms with van der Waals surface area (Å²) >= 11 is 1.22. The van der Waals surface area contributed by atoms with Crippen molar-refractivity contribution in [2.75, 3.05) is 16.9 Å². The molecule has 0 aliphatic rings. The van der Waals surface area contributed by atoms with E-state index in [1.54, 1.807) is 12.1 Å². The second-order valence-corrected chi connectivity index (χ2v) is 7.73. The molecule has 0 atom stereocenters. The van der Waals surface area contributed by atoms with E-state index in [2.05, 4.69) is 36.3 Å². The summed E-state index contributed by atoms with van der Waals surface area (Å²) in [5, 5.41) is 11.4. The average molecular weight is 371 g/mol. The van der Waals surface area contributed by atoms with Crippen LogP contribution in [-0.2, 0) is 10.2 Å². The Morgan fingerprint density at radius 1 is 1.23 bits per heavy atom. The number of carbonyl (C=O) groups is 1. The molecule has 0 aliphatic carbocycles. The number of carbonyl (C=O) groups excluding carboxylic acids is 1. The Labute approximate surface area is 156 Å². The van der Waals surface area contributed by atoms with Crippen LogP contribution in [0.4, 0.5) is 5.69 Å². The predicted octanol–water partition coefficient (Wildman–Crippen LogP) is 3.28. The lowest BCUT2D eigenvalue weighted by Gasteiger charge is -2.22. The average Bonchev–Trinajstić information content (AvgIpc) is 3.22. The Morgan fingerprint density at radius 3 is 2.69 bits per heavy atom. The first-order valence-corrected chi connectivity index (χ1v) is 9.11. The summed E-state index contributed by atoms with van der Waals surface area (Å²) in [5.41, 5.74) is 1.84. The molecule has 0 radical (unpaired) electrons. The summed E-state index contributed by atoms with van der Waals surface area (Å²) in [6.45, 7) is 6.33. The van der Waals surface area contributed by atoms with Crippen LogP contribution in [0.25, 0.3) is 11.6 Å². The lowest BCUT2D eigenvalue weighted by molar-refractivity contribution is -0.113. The molecule has 3 aromatic rings. The number of nitrogens with one attached hydrogen (secondary N) is 1. The molecule has 136 valence electrons. The lowest BCUT2D eigenvalue weighted by Crippen LogP contribution is -2.20. The van der Waals surface area contributed by atoms with E-state index in [1.165, 1.54) is 22.7 Å². The number of rotatable bonds is 5. The molecule has 2 heterocycles. The highest BCUT2D eigenvalue weighted by Crippen LogP contribution is 2.29. The SMILES string of the molecule is CC(C)(C)c1ccccc1NC(=O)CSc1nnc(-c2ccco2)n1N. The minimum atomic E-state index is -0.130. The summed E-state index contributed by atoms with van der Waals surface area (Å²) in [5.74, 6) is 6.97. The van der Waals surface area contributed by atoms with Crippen LogP contribution in [0.15, 0.2) is 52.2 Å². The van der Waals surface area contributed by atoms with Crippen molar-refractivity contribution in [2.45, 2.75) is 31.3 Å². The number of amides is 1. The number of furan rings is 1. The maximum atomic E-state index is 12.4. The van der Waals surface area contributed by atoms with Gasteiger partial charge in [-0.05, 0) is 29.2 Å². The quantitative estimate of drug-likeness (QED) is 0.527. The molecule has 0 saturated carbocycles. The second kappa shape index (κ2) is 7.25. The molecule has 0 saturated heterocycles. The van der Waals surface area contributed by atoms with Gasteiger partial charge in [0.15, 0.2) is 5.76 Å². The number of nitrogens with two attached hydrogens (primary N) is 1. The number of benzene rings is 1. The van der Waals surface area contributed by atoms with Crippen LogP contribution in [0.5, 0.6) is 0 Å². The van der Waals surface area contributed by atoms with Crippen LogP contribution in [0, 0.1) is 0 Å². The maximum absolute atomic E-state index is 12.4. The third kappa shape index (κ3) is 3.91. The number of nitrogen functional groups attached to an aromatic ring is 1. The van der Waals surface area contributed by atoms with Crippen molar-refractivity contribution in [3.8, 4) is 11.6 Å². The van der Waals surface area contributed by atoms with E-state index in [0.29, 0.717) is 16.7 Å². The summed E-state index contributed by atoms with van der Waals surface area (Å²) in [4.78, 5) is 12.4. The monoisotopic (exact) mass is 371 g/mol. The molecule has 0 fully saturated rings. The van der Waals surface area contributed by atoms with Gasteiger partial charge in [-0.3, -0.25) is 4.79 Å². The zero-order valence-electron chi connectivity index (χ0n) is 14.9. The van der Waals surface area contributed by atoms with Gasteiger partial charge < -0.3 is 15.6 Å². The molecule has 1 aromatic carbocycles. The molecule has 0 aliphatic heterocycles. The van der Waals surface area contributed by atoms with E-state index < -0.39 is 0 Å².